The Kier molecular flexibility index (Phi) is 6.49. The highest BCUT2D eigenvalue weighted by Crippen LogP contribution is 2.22. The maximum Gasteiger partial charge on any atom is 0.319 e. The summed E-state index contributed by atoms with van der Waals surface area (Å²) in [5, 5.41) is 12.8. The summed E-state index contributed by atoms with van der Waals surface area (Å²) in [6, 6.07) is 7.02. The Morgan fingerprint density at radius 1 is 1.50 bits per heavy atom. The lowest BCUT2D eigenvalue weighted by Crippen LogP contribution is -2.34. The zero-order valence-electron chi connectivity index (χ0n) is 10.1. The fourth-order valence-corrected chi connectivity index (χ4v) is 1.41. The van der Waals surface area contributed by atoms with E-state index in [2.05, 4.69) is 10.1 Å². The Morgan fingerprint density at radius 3 is 2.89 bits per heavy atom. The number of methoxy groups -OCH3 is 1. The molecular weight excluding hydrogens is 258 g/mol. The number of benzene rings is 1. The molecule has 0 bridgehead atoms. The Hall–Kier alpha value is -1.30. The molecule has 0 saturated carbocycles. The molecular formula is C12H16ClNO4. The standard InChI is InChI=1S/C12H16ClNO4/c1-17-12(16)7-14-6-9(15)8-18-11-5-3-2-4-10(11)13/h2-5,9,14-15H,6-8H2,1H3. The summed E-state index contributed by atoms with van der Waals surface area (Å²) in [4.78, 5) is 10.8. The number of nitrogens with one attached hydrogen (secondary N) is 1. The Bertz CT molecular complexity index is 386. The number of aliphatic hydroxyl groups excluding tert-OH is 1. The van der Waals surface area contributed by atoms with Crippen LogP contribution in [0, 0.1) is 0 Å². The average molecular weight is 274 g/mol. The molecule has 1 atom stereocenters. The van der Waals surface area contributed by atoms with Gasteiger partial charge in [-0.25, -0.2) is 0 Å². The van der Waals surface area contributed by atoms with Crippen LogP contribution < -0.4 is 10.1 Å². The van der Waals surface area contributed by atoms with Crippen molar-refractivity contribution in [1.29, 1.82) is 0 Å². The van der Waals surface area contributed by atoms with Gasteiger partial charge in [0, 0.05) is 6.54 Å². The third-order valence-electron chi connectivity index (χ3n) is 2.14. The van der Waals surface area contributed by atoms with Gasteiger partial charge in [-0.1, -0.05) is 23.7 Å². The van der Waals surface area contributed by atoms with Crippen LogP contribution in [-0.2, 0) is 9.53 Å². The molecule has 0 amide bonds. The van der Waals surface area contributed by atoms with Gasteiger partial charge in [0.25, 0.3) is 0 Å². The van der Waals surface area contributed by atoms with Gasteiger partial charge in [-0.3, -0.25) is 4.79 Å². The average Bonchev–Trinajstić information content (AvgIpc) is 2.37. The van der Waals surface area contributed by atoms with Crippen molar-refractivity contribution in [2.45, 2.75) is 6.10 Å². The number of hydrogen-bond acceptors (Lipinski definition) is 5. The van der Waals surface area contributed by atoms with Crippen molar-refractivity contribution in [1.82, 2.24) is 5.32 Å². The van der Waals surface area contributed by atoms with E-state index in [1.165, 1.54) is 7.11 Å². The van der Waals surface area contributed by atoms with Crippen LogP contribution >= 0.6 is 11.6 Å². The molecule has 0 heterocycles. The zero-order chi connectivity index (χ0) is 13.4. The third-order valence-corrected chi connectivity index (χ3v) is 2.46. The number of para-hydroxylation sites is 1. The van der Waals surface area contributed by atoms with Crippen molar-refractivity contribution in [3.8, 4) is 5.75 Å². The van der Waals surface area contributed by atoms with Crippen molar-refractivity contribution in [3.05, 3.63) is 29.3 Å². The van der Waals surface area contributed by atoms with E-state index < -0.39 is 6.10 Å². The van der Waals surface area contributed by atoms with Gasteiger partial charge in [0.1, 0.15) is 18.5 Å². The first-order valence-electron chi connectivity index (χ1n) is 5.46. The highest BCUT2D eigenvalue weighted by molar-refractivity contribution is 6.32. The highest BCUT2D eigenvalue weighted by Gasteiger charge is 2.08. The maximum absolute atomic E-state index is 10.8. The number of aliphatic hydroxyl groups is 1. The van der Waals surface area contributed by atoms with Gasteiger partial charge in [-0.15, -0.1) is 0 Å². The first-order chi connectivity index (χ1) is 8.63. The molecule has 0 spiro atoms. The van der Waals surface area contributed by atoms with Crippen LogP contribution in [0.15, 0.2) is 24.3 Å². The summed E-state index contributed by atoms with van der Waals surface area (Å²) in [7, 11) is 1.31. The summed E-state index contributed by atoms with van der Waals surface area (Å²) in [5.41, 5.74) is 0. The topological polar surface area (TPSA) is 67.8 Å². The number of carbonyl (C=O) groups excluding carboxylic acids is 1. The molecule has 1 rings (SSSR count). The molecule has 0 fully saturated rings. The van der Waals surface area contributed by atoms with Crippen molar-refractivity contribution < 1.29 is 19.4 Å². The second-order valence-corrected chi connectivity index (χ2v) is 4.01. The molecule has 5 nitrogen and oxygen atoms in total. The van der Waals surface area contributed by atoms with Crippen LogP contribution in [0.1, 0.15) is 0 Å². The summed E-state index contributed by atoms with van der Waals surface area (Å²) >= 11 is 5.89. The number of rotatable bonds is 7. The fraction of sp³-hybridized carbons (Fsp3) is 0.417. The second-order valence-electron chi connectivity index (χ2n) is 3.60. The monoisotopic (exact) mass is 273 g/mol. The molecule has 0 radical (unpaired) electrons. The smallest absolute Gasteiger partial charge is 0.319 e. The number of ether oxygens (including phenoxy) is 2. The highest BCUT2D eigenvalue weighted by atomic mass is 35.5. The predicted octanol–water partition coefficient (Wildman–Crippen LogP) is 0.842. The van der Waals surface area contributed by atoms with E-state index in [9.17, 15) is 9.90 Å². The number of hydrogen-bond donors (Lipinski definition) is 2. The SMILES string of the molecule is COC(=O)CNCC(O)COc1ccccc1Cl. The Balaban J connectivity index is 2.23. The minimum Gasteiger partial charge on any atom is -0.489 e. The molecule has 1 aromatic rings. The van der Waals surface area contributed by atoms with E-state index in [4.69, 9.17) is 16.3 Å². The summed E-state index contributed by atoms with van der Waals surface area (Å²) in [5.74, 6) is 0.139. The van der Waals surface area contributed by atoms with Gasteiger partial charge >= 0.3 is 5.97 Å². The second kappa shape index (κ2) is 7.92. The molecule has 1 unspecified atom stereocenters. The lowest BCUT2D eigenvalue weighted by atomic mass is 10.3. The van der Waals surface area contributed by atoms with E-state index >= 15 is 0 Å². The summed E-state index contributed by atoms with van der Waals surface area (Å²) < 4.78 is 9.79. The van der Waals surface area contributed by atoms with Crippen LogP contribution in [0.2, 0.25) is 5.02 Å². The molecule has 0 aliphatic rings. The van der Waals surface area contributed by atoms with Crippen LogP contribution in [0.5, 0.6) is 5.75 Å². The number of halogens is 1. The first-order valence-corrected chi connectivity index (χ1v) is 5.84. The minimum atomic E-state index is -0.731. The van der Waals surface area contributed by atoms with Crippen molar-refractivity contribution >= 4 is 17.6 Å². The van der Waals surface area contributed by atoms with E-state index in [0.29, 0.717) is 10.8 Å². The van der Waals surface area contributed by atoms with E-state index in [1.54, 1.807) is 24.3 Å². The lowest BCUT2D eigenvalue weighted by Gasteiger charge is -2.13. The first kappa shape index (κ1) is 14.8. The molecule has 18 heavy (non-hydrogen) atoms. The molecule has 0 aromatic heterocycles. The predicted molar refractivity (Wildman–Crippen MR) is 67.8 cm³/mol. The number of carbonyl (C=O) groups is 1. The summed E-state index contributed by atoms with van der Waals surface area (Å²) in [6.45, 7) is 0.386. The normalized spacial score (nSPS) is 11.9. The quantitative estimate of drug-likeness (QED) is 0.721. The van der Waals surface area contributed by atoms with Gasteiger partial charge in [0.15, 0.2) is 0 Å². The van der Waals surface area contributed by atoms with Gasteiger partial charge < -0.3 is 19.9 Å². The van der Waals surface area contributed by atoms with Gasteiger partial charge in [-0.05, 0) is 12.1 Å². The van der Waals surface area contributed by atoms with Crippen molar-refractivity contribution in [2.75, 3.05) is 26.8 Å². The third kappa shape index (κ3) is 5.35. The molecule has 2 N–H and O–H groups in total. The fourth-order valence-electron chi connectivity index (χ4n) is 1.22. The van der Waals surface area contributed by atoms with Crippen LogP contribution in [0.3, 0.4) is 0 Å². The van der Waals surface area contributed by atoms with E-state index in [1.807, 2.05) is 0 Å². The van der Waals surface area contributed by atoms with Crippen molar-refractivity contribution in [3.63, 3.8) is 0 Å². The molecule has 0 saturated heterocycles. The van der Waals surface area contributed by atoms with Crippen molar-refractivity contribution in [2.24, 2.45) is 0 Å². The Labute approximate surface area is 111 Å². The molecule has 0 aliphatic heterocycles. The molecule has 0 aliphatic carbocycles. The lowest BCUT2D eigenvalue weighted by molar-refractivity contribution is -0.139. The van der Waals surface area contributed by atoms with Gasteiger partial charge in [0.2, 0.25) is 0 Å². The largest absolute Gasteiger partial charge is 0.489 e. The summed E-state index contributed by atoms with van der Waals surface area (Å²) in [6.07, 6.45) is -0.731. The minimum absolute atomic E-state index is 0.0552. The Morgan fingerprint density at radius 2 is 2.22 bits per heavy atom. The molecule has 6 heteroatoms. The van der Waals surface area contributed by atoms with Crippen LogP contribution in [0.25, 0.3) is 0 Å². The van der Waals surface area contributed by atoms with Crippen LogP contribution in [-0.4, -0.2) is 44.0 Å². The van der Waals surface area contributed by atoms with Gasteiger partial charge in [0.05, 0.1) is 18.7 Å². The zero-order valence-corrected chi connectivity index (χ0v) is 10.8. The molecule has 100 valence electrons. The number of esters is 1. The maximum atomic E-state index is 10.8. The van der Waals surface area contributed by atoms with Gasteiger partial charge in [-0.2, -0.15) is 0 Å². The van der Waals surface area contributed by atoms with Crippen LogP contribution in [0.4, 0.5) is 0 Å². The van der Waals surface area contributed by atoms with E-state index in [0.717, 1.165) is 0 Å². The molecule has 1 aromatic carbocycles. The van der Waals surface area contributed by atoms with E-state index in [-0.39, 0.29) is 25.7 Å².